The average Bonchev–Trinajstić information content (AvgIpc) is 3.09. The molecule has 0 aromatic carbocycles. The topological polar surface area (TPSA) is 69.7 Å². The Hall–Kier alpha value is -1.21. The monoisotopic (exact) mass is 310 g/mol. The summed E-state index contributed by atoms with van der Waals surface area (Å²) in [6, 6.07) is 1.98. The van der Waals surface area contributed by atoms with Gasteiger partial charge in [0.1, 0.15) is 5.76 Å². The van der Waals surface area contributed by atoms with Crippen LogP contribution in [0.15, 0.2) is 21.2 Å². The van der Waals surface area contributed by atoms with Crippen LogP contribution in [0.1, 0.15) is 18.4 Å². The molecule has 2 heterocycles. The van der Waals surface area contributed by atoms with Crippen LogP contribution in [0.3, 0.4) is 0 Å². The molecular formula is C15H22N2O3S. The molecule has 2 N–H and O–H groups in total. The van der Waals surface area contributed by atoms with E-state index in [0.717, 1.165) is 17.0 Å². The summed E-state index contributed by atoms with van der Waals surface area (Å²) < 4.78 is 5.71. The molecule has 21 heavy (non-hydrogen) atoms. The number of rotatable bonds is 7. The Labute approximate surface area is 128 Å². The van der Waals surface area contributed by atoms with E-state index in [1.54, 1.807) is 11.3 Å². The van der Waals surface area contributed by atoms with Crippen LogP contribution in [-0.2, 0) is 6.54 Å². The van der Waals surface area contributed by atoms with Crippen LogP contribution < -0.4 is 0 Å². The quantitative estimate of drug-likeness (QED) is 0.820. The van der Waals surface area contributed by atoms with Gasteiger partial charge in [0.05, 0.1) is 18.9 Å². The SMILES string of the molecule is Cc1oc(-c2ccsc2)nc1CN(C)CC(C)(CO)CO. The van der Waals surface area contributed by atoms with Gasteiger partial charge in [0.15, 0.2) is 0 Å². The highest BCUT2D eigenvalue weighted by Gasteiger charge is 2.25. The molecule has 5 nitrogen and oxygen atoms in total. The zero-order valence-corrected chi connectivity index (χ0v) is 13.5. The minimum atomic E-state index is -0.511. The van der Waals surface area contributed by atoms with Crippen LogP contribution in [0.5, 0.6) is 0 Å². The van der Waals surface area contributed by atoms with Crippen LogP contribution in [-0.4, -0.2) is 46.9 Å². The van der Waals surface area contributed by atoms with E-state index in [1.165, 1.54) is 0 Å². The fourth-order valence-corrected chi connectivity index (χ4v) is 2.83. The molecule has 0 radical (unpaired) electrons. The fourth-order valence-electron chi connectivity index (χ4n) is 2.20. The molecule has 0 saturated carbocycles. The zero-order valence-electron chi connectivity index (χ0n) is 12.7. The van der Waals surface area contributed by atoms with E-state index in [1.807, 2.05) is 42.6 Å². The van der Waals surface area contributed by atoms with Crippen molar-refractivity contribution in [2.24, 2.45) is 5.41 Å². The molecule has 0 bridgehead atoms. The van der Waals surface area contributed by atoms with Crippen molar-refractivity contribution in [3.63, 3.8) is 0 Å². The van der Waals surface area contributed by atoms with Gasteiger partial charge in [-0.1, -0.05) is 6.92 Å². The summed E-state index contributed by atoms with van der Waals surface area (Å²) in [4.78, 5) is 6.58. The van der Waals surface area contributed by atoms with Crippen LogP contribution in [0.4, 0.5) is 0 Å². The third kappa shape index (κ3) is 3.91. The van der Waals surface area contributed by atoms with E-state index in [9.17, 15) is 10.2 Å². The van der Waals surface area contributed by atoms with E-state index < -0.39 is 5.41 Å². The summed E-state index contributed by atoms with van der Waals surface area (Å²) in [5, 5.41) is 22.7. The van der Waals surface area contributed by atoms with E-state index in [-0.39, 0.29) is 13.2 Å². The lowest BCUT2D eigenvalue weighted by Gasteiger charge is -2.29. The van der Waals surface area contributed by atoms with Crippen LogP contribution >= 0.6 is 11.3 Å². The molecule has 6 heteroatoms. The first kappa shape index (κ1) is 16.2. The third-order valence-corrected chi connectivity index (χ3v) is 4.18. The Morgan fingerprint density at radius 3 is 2.67 bits per heavy atom. The van der Waals surface area contributed by atoms with E-state index in [0.29, 0.717) is 19.0 Å². The summed E-state index contributed by atoms with van der Waals surface area (Å²) in [5.74, 6) is 1.45. The molecule has 2 rings (SSSR count). The van der Waals surface area contributed by atoms with Gasteiger partial charge in [-0.2, -0.15) is 11.3 Å². The van der Waals surface area contributed by atoms with Crippen LogP contribution in [0.25, 0.3) is 11.5 Å². The number of aliphatic hydroxyl groups excluding tert-OH is 2. The van der Waals surface area contributed by atoms with Crippen molar-refractivity contribution >= 4 is 11.3 Å². The second-order valence-corrected chi connectivity index (χ2v) is 6.61. The second-order valence-electron chi connectivity index (χ2n) is 5.83. The molecule has 0 unspecified atom stereocenters. The lowest BCUT2D eigenvalue weighted by Crippen LogP contribution is -2.38. The number of aromatic nitrogens is 1. The van der Waals surface area contributed by atoms with Crippen molar-refractivity contribution in [3.8, 4) is 11.5 Å². The molecule has 2 aromatic rings. The van der Waals surface area contributed by atoms with Gasteiger partial charge in [-0.05, 0) is 25.4 Å². The maximum atomic E-state index is 9.36. The van der Waals surface area contributed by atoms with Crippen molar-refractivity contribution in [3.05, 3.63) is 28.3 Å². The largest absolute Gasteiger partial charge is 0.441 e. The van der Waals surface area contributed by atoms with Crippen molar-refractivity contribution in [1.82, 2.24) is 9.88 Å². The molecule has 2 aromatic heterocycles. The predicted molar refractivity (Wildman–Crippen MR) is 83.2 cm³/mol. The summed E-state index contributed by atoms with van der Waals surface area (Å²) in [6.45, 7) is 4.87. The normalized spacial score (nSPS) is 12.3. The molecule has 0 amide bonds. The fraction of sp³-hybridized carbons (Fsp3) is 0.533. The smallest absolute Gasteiger partial charge is 0.227 e. The van der Waals surface area contributed by atoms with Gasteiger partial charge < -0.3 is 14.6 Å². The molecule has 116 valence electrons. The molecule has 0 spiro atoms. The van der Waals surface area contributed by atoms with Crippen molar-refractivity contribution in [2.75, 3.05) is 26.8 Å². The minimum Gasteiger partial charge on any atom is -0.441 e. The second kappa shape index (κ2) is 6.70. The lowest BCUT2D eigenvalue weighted by molar-refractivity contribution is 0.0398. The van der Waals surface area contributed by atoms with Gasteiger partial charge in [-0.15, -0.1) is 0 Å². The van der Waals surface area contributed by atoms with Crippen molar-refractivity contribution in [1.29, 1.82) is 0 Å². The Kier molecular flexibility index (Phi) is 5.16. The molecule has 0 aliphatic rings. The van der Waals surface area contributed by atoms with Gasteiger partial charge in [-0.25, -0.2) is 4.98 Å². The molecule has 0 aliphatic heterocycles. The molecular weight excluding hydrogens is 288 g/mol. The highest BCUT2D eigenvalue weighted by atomic mass is 32.1. The molecule has 0 saturated heterocycles. The number of nitrogens with zero attached hydrogens (tertiary/aromatic N) is 2. The first-order valence-electron chi connectivity index (χ1n) is 6.86. The number of aliphatic hydroxyl groups is 2. The predicted octanol–water partition coefficient (Wildman–Crippen LogP) is 2.13. The van der Waals surface area contributed by atoms with E-state index in [4.69, 9.17) is 4.42 Å². The van der Waals surface area contributed by atoms with Gasteiger partial charge in [0.25, 0.3) is 0 Å². The van der Waals surface area contributed by atoms with Crippen molar-refractivity contribution in [2.45, 2.75) is 20.4 Å². The Morgan fingerprint density at radius 1 is 1.38 bits per heavy atom. The Balaban J connectivity index is 2.06. The number of hydrogen-bond acceptors (Lipinski definition) is 6. The average molecular weight is 310 g/mol. The molecule has 0 fully saturated rings. The number of oxazole rings is 1. The van der Waals surface area contributed by atoms with Gasteiger partial charge in [-0.3, -0.25) is 4.90 Å². The van der Waals surface area contributed by atoms with Crippen LogP contribution in [0.2, 0.25) is 0 Å². The minimum absolute atomic E-state index is 0.0498. The number of thiophene rings is 1. The standard InChI is InChI=1S/C15H22N2O3S/c1-11-13(6-17(3)8-15(2,9-18)10-19)16-14(20-11)12-4-5-21-7-12/h4-5,7,18-19H,6,8-10H2,1-3H3. The van der Waals surface area contributed by atoms with E-state index in [2.05, 4.69) is 4.98 Å². The Bertz CT molecular complexity index is 561. The first-order valence-corrected chi connectivity index (χ1v) is 7.81. The van der Waals surface area contributed by atoms with Crippen molar-refractivity contribution < 1.29 is 14.6 Å². The van der Waals surface area contributed by atoms with Gasteiger partial charge in [0, 0.05) is 29.4 Å². The summed E-state index contributed by atoms with van der Waals surface area (Å²) in [6.07, 6.45) is 0. The number of aryl methyl sites for hydroxylation is 1. The highest BCUT2D eigenvalue weighted by Crippen LogP contribution is 2.25. The van der Waals surface area contributed by atoms with E-state index >= 15 is 0 Å². The molecule has 0 aliphatic carbocycles. The maximum absolute atomic E-state index is 9.36. The van der Waals surface area contributed by atoms with Gasteiger partial charge >= 0.3 is 0 Å². The lowest BCUT2D eigenvalue weighted by atomic mass is 9.92. The van der Waals surface area contributed by atoms with Crippen LogP contribution in [0, 0.1) is 12.3 Å². The summed E-state index contributed by atoms with van der Waals surface area (Å²) >= 11 is 1.61. The summed E-state index contributed by atoms with van der Waals surface area (Å²) in [7, 11) is 1.95. The van der Waals surface area contributed by atoms with Gasteiger partial charge in [0.2, 0.25) is 5.89 Å². The number of hydrogen-bond donors (Lipinski definition) is 2. The summed E-state index contributed by atoms with van der Waals surface area (Å²) in [5.41, 5.74) is 1.37. The highest BCUT2D eigenvalue weighted by molar-refractivity contribution is 7.08. The maximum Gasteiger partial charge on any atom is 0.227 e. The first-order chi connectivity index (χ1) is 9.97. The zero-order chi connectivity index (χ0) is 15.5. The molecule has 0 atom stereocenters. The third-order valence-electron chi connectivity index (χ3n) is 3.50. The Morgan fingerprint density at radius 2 is 2.10 bits per heavy atom.